The van der Waals surface area contributed by atoms with Crippen LogP contribution in [0.4, 0.5) is 5.82 Å². The minimum Gasteiger partial charge on any atom is -0.355 e. The van der Waals surface area contributed by atoms with Gasteiger partial charge >= 0.3 is 0 Å². The van der Waals surface area contributed by atoms with Crippen molar-refractivity contribution >= 4 is 33.3 Å². The van der Waals surface area contributed by atoms with Crippen LogP contribution in [0.5, 0.6) is 0 Å². The number of nitrogens with zero attached hydrogens (tertiary/aromatic N) is 4. The smallest absolute Gasteiger partial charge is 0.222 e. The van der Waals surface area contributed by atoms with Gasteiger partial charge in [-0.25, -0.2) is 9.97 Å². The Hall–Kier alpha value is -1.69. The number of carbonyl (C=O) groups is 1. The van der Waals surface area contributed by atoms with Crippen molar-refractivity contribution in [3.63, 3.8) is 0 Å². The van der Waals surface area contributed by atoms with E-state index in [0.29, 0.717) is 11.8 Å². The van der Waals surface area contributed by atoms with Gasteiger partial charge in [-0.1, -0.05) is 0 Å². The summed E-state index contributed by atoms with van der Waals surface area (Å²) in [6, 6.07) is 2.06. The number of hydrogen-bond donors (Lipinski definition) is 0. The summed E-state index contributed by atoms with van der Waals surface area (Å²) in [5.74, 6) is 2.07. The molecule has 2 fully saturated rings. The fourth-order valence-electron chi connectivity index (χ4n) is 3.69. The fraction of sp³-hybridized carbons (Fsp3) is 0.588. The van der Waals surface area contributed by atoms with Crippen molar-refractivity contribution in [2.45, 2.75) is 32.1 Å². The molecule has 2 saturated heterocycles. The first-order valence-corrected chi connectivity index (χ1v) is 9.40. The Morgan fingerprint density at radius 3 is 2.87 bits per heavy atom. The van der Waals surface area contributed by atoms with Crippen molar-refractivity contribution in [3.05, 3.63) is 17.8 Å². The first-order valence-electron chi connectivity index (χ1n) is 8.52. The summed E-state index contributed by atoms with van der Waals surface area (Å²) in [6.45, 7) is 3.96. The molecule has 0 unspecified atom stereocenters. The predicted molar refractivity (Wildman–Crippen MR) is 92.8 cm³/mol. The Kier molecular flexibility index (Phi) is 4.16. The van der Waals surface area contributed by atoms with E-state index in [2.05, 4.69) is 31.2 Å². The molecule has 0 aliphatic carbocycles. The van der Waals surface area contributed by atoms with Crippen LogP contribution in [0.3, 0.4) is 0 Å². The van der Waals surface area contributed by atoms with Crippen molar-refractivity contribution in [2.75, 3.05) is 31.1 Å². The third-order valence-corrected chi connectivity index (χ3v) is 5.94. The van der Waals surface area contributed by atoms with Crippen LogP contribution >= 0.6 is 11.3 Å². The van der Waals surface area contributed by atoms with Crippen LogP contribution in [-0.2, 0) is 4.79 Å². The summed E-state index contributed by atoms with van der Waals surface area (Å²) in [5.41, 5.74) is 1.04. The molecule has 0 saturated carbocycles. The van der Waals surface area contributed by atoms with Gasteiger partial charge in [-0.2, -0.15) is 0 Å². The summed E-state index contributed by atoms with van der Waals surface area (Å²) < 4.78 is 1.19. The lowest BCUT2D eigenvalue weighted by atomic mass is 9.95. The summed E-state index contributed by atoms with van der Waals surface area (Å²) >= 11 is 1.72. The molecule has 0 N–H and O–H groups in total. The highest BCUT2D eigenvalue weighted by molar-refractivity contribution is 7.17. The third kappa shape index (κ3) is 3.04. The normalized spacial score (nSPS) is 20.4. The molecule has 5 nitrogen and oxygen atoms in total. The average Bonchev–Trinajstić information content (AvgIpc) is 3.06. The maximum atomic E-state index is 12.0. The topological polar surface area (TPSA) is 49.3 Å². The monoisotopic (exact) mass is 330 g/mol. The second kappa shape index (κ2) is 6.43. The quantitative estimate of drug-likeness (QED) is 0.868. The molecule has 4 heterocycles. The number of amides is 1. The first-order chi connectivity index (χ1) is 11.3. The maximum Gasteiger partial charge on any atom is 0.222 e. The van der Waals surface area contributed by atoms with E-state index in [9.17, 15) is 4.79 Å². The van der Waals surface area contributed by atoms with Crippen LogP contribution in [-0.4, -0.2) is 47.0 Å². The van der Waals surface area contributed by atoms with Gasteiger partial charge in [0.25, 0.3) is 0 Å². The molecule has 0 radical (unpaired) electrons. The molecule has 0 spiro atoms. The summed E-state index contributed by atoms with van der Waals surface area (Å²) in [6.07, 6.45) is 6.93. The molecule has 0 aromatic carbocycles. The summed E-state index contributed by atoms with van der Waals surface area (Å²) in [4.78, 5) is 25.3. The largest absolute Gasteiger partial charge is 0.355 e. The summed E-state index contributed by atoms with van der Waals surface area (Å²) in [5, 5.41) is 2.08. The molecule has 122 valence electrons. The van der Waals surface area contributed by atoms with E-state index in [1.807, 2.05) is 0 Å². The molecular weight excluding hydrogens is 308 g/mol. The van der Waals surface area contributed by atoms with Gasteiger partial charge in [0.1, 0.15) is 12.1 Å². The van der Waals surface area contributed by atoms with E-state index < -0.39 is 0 Å². The number of piperidine rings is 2. The van der Waals surface area contributed by atoms with E-state index in [4.69, 9.17) is 0 Å². The molecule has 2 aromatic rings. The zero-order valence-corrected chi connectivity index (χ0v) is 14.1. The van der Waals surface area contributed by atoms with Crippen molar-refractivity contribution in [3.8, 4) is 0 Å². The number of aromatic nitrogens is 2. The fourth-order valence-corrected chi connectivity index (χ4v) is 4.56. The van der Waals surface area contributed by atoms with Crippen molar-refractivity contribution in [1.82, 2.24) is 14.9 Å². The highest BCUT2D eigenvalue weighted by atomic mass is 32.1. The zero-order chi connectivity index (χ0) is 15.6. The number of fused-ring (bicyclic) bond motifs is 1. The molecule has 1 amide bonds. The number of carbonyl (C=O) groups excluding carboxylic acids is 1. The highest BCUT2D eigenvalue weighted by Gasteiger charge is 2.26. The van der Waals surface area contributed by atoms with Gasteiger partial charge in [0, 0.05) is 32.6 Å². The lowest BCUT2D eigenvalue weighted by molar-refractivity contribution is -0.134. The van der Waals surface area contributed by atoms with E-state index in [1.54, 1.807) is 17.7 Å². The Morgan fingerprint density at radius 2 is 2.04 bits per heavy atom. The molecule has 0 bridgehead atoms. The number of rotatable bonds is 3. The minimum atomic E-state index is 0.356. The first kappa shape index (κ1) is 14.9. The molecule has 0 atom stereocenters. The van der Waals surface area contributed by atoms with Crippen molar-refractivity contribution in [2.24, 2.45) is 5.92 Å². The third-order valence-electron chi connectivity index (χ3n) is 5.04. The second-order valence-electron chi connectivity index (χ2n) is 6.56. The number of likely N-dealkylation sites (tertiary alicyclic amines) is 1. The zero-order valence-electron chi connectivity index (χ0n) is 13.3. The Balaban J connectivity index is 1.39. The second-order valence-corrected chi connectivity index (χ2v) is 7.48. The van der Waals surface area contributed by atoms with E-state index in [-0.39, 0.29) is 0 Å². The van der Waals surface area contributed by atoms with Gasteiger partial charge in [0.05, 0.1) is 10.2 Å². The molecule has 23 heavy (non-hydrogen) atoms. The SMILES string of the molecule is O=C1CCCCN1CC1CCN(c2ncnc3ccsc23)CC1. The van der Waals surface area contributed by atoms with Crippen molar-refractivity contribution < 1.29 is 4.79 Å². The van der Waals surface area contributed by atoms with Crippen LogP contribution in [0.2, 0.25) is 0 Å². The highest BCUT2D eigenvalue weighted by Crippen LogP contribution is 2.31. The molecular formula is C17H22N4OS. The van der Waals surface area contributed by atoms with Crippen LogP contribution in [0.25, 0.3) is 10.2 Å². The van der Waals surface area contributed by atoms with Crippen LogP contribution < -0.4 is 4.90 Å². The van der Waals surface area contributed by atoms with Gasteiger partial charge in [-0.05, 0) is 43.0 Å². The van der Waals surface area contributed by atoms with Gasteiger partial charge in [0.15, 0.2) is 0 Å². The van der Waals surface area contributed by atoms with Crippen LogP contribution in [0.1, 0.15) is 32.1 Å². The Labute approximate surface area is 140 Å². The molecule has 4 rings (SSSR count). The number of hydrogen-bond acceptors (Lipinski definition) is 5. The van der Waals surface area contributed by atoms with Crippen LogP contribution in [0, 0.1) is 5.92 Å². The average molecular weight is 330 g/mol. The summed E-state index contributed by atoms with van der Waals surface area (Å²) in [7, 11) is 0. The Morgan fingerprint density at radius 1 is 1.17 bits per heavy atom. The molecule has 6 heteroatoms. The molecule has 2 aromatic heterocycles. The molecule has 2 aliphatic heterocycles. The maximum absolute atomic E-state index is 12.0. The van der Waals surface area contributed by atoms with Crippen molar-refractivity contribution in [1.29, 1.82) is 0 Å². The Bertz CT molecular complexity index is 693. The van der Waals surface area contributed by atoms with Gasteiger partial charge in [-0.3, -0.25) is 4.79 Å². The number of anilines is 1. The molecule has 2 aliphatic rings. The lowest BCUT2D eigenvalue weighted by Gasteiger charge is -2.36. The number of thiophene rings is 1. The van der Waals surface area contributed by atoms with Gasteiger partial charge in [-0.15, -0.1) is 11.3 Å². The van der Waals surface area contributed by atoms with E-state index >= 15 is 0 Å². The van der Waals surface area contributed by atoms with E-state index in [1.165, 1.54) is 11.1 Å². The van der Waals surface area contributed by atoms with Gasteiger partial charge in [0.2, 0.25) is 5.91 Å². The standard InChI is InChI=1S/C17H22N4OS/c22-15-3-1-2-7-21(15)11-13-4-8-20(9-5-13)17-16-14(6-10-23-16)18-12-19-17/h6,10,12-13H,1-5,7-9,11H2. The van der Waals surface area contributed by atoms with Crippen LogP contribution in [0.15, 0.2) is 17.8 Å². The lowest BCUT2D eigenvalue weighted by Crippen LogP contribution is -2.42. The minimum absolute atomic E-state index is 0.356. The van der Waals surface area contributed by atoms with Gasteiger partial charge < -0.3 is 9.80 Å². The van der Waals surface area contributed by atoms with E-state index in [0.717, 1.165) is 63.2 Å². The predicted octanol–water partition coefficient (Wildman–Crippen LogP) is 2.92.